The van der Waals surface area contributed by atoms with E-state index in [1.165, 1.54) is 0 Å². The molecule has 2 aliphatic rings. The zero-order valence-corrected chi connectivity index (χ0v) is 14.0. The molecule has 124 valence electrons. The average molecular weight is 346 g/mol. The predicted molar refractivity (Wildman–Crippen MR) is 86.7 cm³/mol. The summed E-state index contributed by atoms with van der Waals surface area (Å²) in [6.45, 7) is 3.59. The van der Waals surface area contributed by atoms with Crippen molar-refractivity contribution >= 4 is 23.5 Å². The third-order valence-corrected chi connectivity index (χ3v) is 4.93. The molecule has 7 nitrogen and oxygen atoms in total. The smallest absolute Gasteiger partial charge is 0.407 e. The van der Waals surface area contributed by atoms with E-state index in [1.54, 1.807) is 0 Å². The van der Waals surface area contributed by atoms with Crippen LogP contribution >= 0.6 is 11.6 Å². The summed E-state index contributed by atoms with van der Waals surface area (Å²) in [5.74, 6) is 0.505. The molecule has 3 rings (SSSR count). The van der Waals surface area contributed by atoms with Gasteiger partial charge in [0.05, 0.1) is 17.7 Å². The number of nitriles is 2. The van der Waals surface area contributed by atoms with Crippen LogP contribution in [0.1, 0.15) is 36.5 Å². The van der Waals surface area contributed by atoms with Gasteiger partial charge in [-0.25, -0.2) is 9.78 Å². The van der Waals surface area contributed by atoms with Gasteiger partial charge in [-0.1, -0.05) is 18.5 Å². The Morgan fingerprint density at radius 2 is 2.00 bits per heavy atom. The Hall–Kier alpha value is -2.51. The maximum atomic E-state index is 11.3. The second-order valence-corrected chi connectivity index (χ2v) is 6.30. The van der Waals surface area contributed by atoms with Gasteiger partial charge in [0.2, 0.25) is 0 Å². The van der Waals surface area contributed by atoms with E-state index in [0.717, 1.165) is 0 Å². The van der Waals surface area contributed by atoms with Crippen molar-refractivity contribution in [2.24, 2.45) is 0 Å². The molecule has 0 saturated carbocycles. The number of anilines is 1. The minimum absolute atomic E-state index is 0.123. The van der Waals surface area contributed by atoms with Crippen LogP contribution in [0.3, 0.4) is 0 Å². The number of pyridine rings is 1. The van der Waals surface area contributed by atoms with E-state index in [1.807, 2.05) is 17.9 Å². The van der Waals surface area contributed by atoms with Gasteiger partial charge in [0, 0.05) is 25.9 Å². The molecule has 8 heteroatoms. The molecule has 2 saturated heterocycles. The van der Waals surface area contributed by atoms with Crippen LogP contribution in [0, 0.1) is 22.7 Å². The van der Waals surface area contributed by atoms with E-state index in [4.69, 9.17) is 16.3 Å². The zero-order chi connectivity index (χ0) is 17.3. The van der Waals surface area contributed by atoms with Crippen LogP contribution in [0.4, 0.5) is 10.6 Å². The van der Waals surface area contributed by atoms with Crippen LogP contribution in [0.5, 0.6) is 0 Å². The quantitative estimate of drug-likeness (QED) is 0.824. The minimum Gasteiger partial charge on any atom is -0.441 e. The molecule has 2 fully saturated rings. The lowest BCUT2D eigenvalue weighted by molar-refractivity contribution is 0.0366. The number of nitrogens with zero attached hydrogens (tertiary/aromatic N) is 4. The van der Waals surface area contributed by atoms with Gasteiger partial charge in [0.25, 0.3) is 0 Å². The van der Waals surface area contributed by atoms with Gasteiger partial charge in [0.15, 0.2) is 0 Å². The molecule has 0 aromatic carbocycles. The Balaban J connectivity index is 1.91. The lowest BCUT2D eigenvalue weighted by atomic mass is 9.91. The summed E-state index contributed by atoms with van der Waals surface area (Å²) in [4.78, 5) is 17.6. The third-order valence-electron chi connectivity index (χ3n) is 4.65. The Kier molecular flexibility index (Phi) is 4.21. The first-order valence-electron chi connectivity index (χ1n) is 7.78. The monoisotopic (exact) mass is 345 g/mol. The van der Waals surface area contributed by atoms with Gasteiger partial charge in [-0.05, 0) is 12.0 Å². The fourth-order valence-electron chi connectivity index (χ4n) is 3.31. The highest BCUT2D eigenvalue weighted by atomic mass is 35.5. The highest BCUT2D eigenvalue weighted by Crippen LogP contribution is 2.34. The molecular weight excluding hydrogens is 330 g/mol. The van der Waals surface area contributed by atoms with E-state index in [9.17, 15) is 15.3 Å². The molecule has 0 unspecified atom stereocenters. The van der Waals surface area contributed by atoms with E-state index in [-0.39, 0.29) is 16.8 Å². The number of aromatic nitrogens is 1. The van der Waals surface area contributed by atoms with Crippen LogP contribution in [0.15, 0.2) is 0 Å². The van der Waals surface area contributed by atoms with Gasteiger partial charge in [0.1, 0.15) is 28.7 Å². The van der Waals surface area contributed by atoms with Crippen molar-refractivity contribution in [3.05, 3.63) is 21.8 Å². The largest absolute Gasteiger partial charge is 0.441 e. The van der Waals surface area contributed by atoms with E-state index in [2.05, 4.69) is 16.4 Å². The van der Waals surface area contributed by atoms with Crippen molar-refractivity contribution in [3.63, 3.8) is 0 Å². The van der Waals surface area contributed by atoms with E-state index >= 15 is 0 Å². The maximum Gasteiger partial charge on any atom is 0.407 e. The molecule has 2 aliphatic heterocycles. The summed E-state index contributed by atoms with van der Waals surface area (Å²) < 4.78 is 5.40. The number of hydrogen-bond acceptors (Lipinski definition) is 6. The van der Waals surface area contributed by atoms with Gasteiger partial charge >= 0.3 is 6.09 Å². The predicted octanol–water partition coefficient (Wildman–Crippen LogP) is 2.12. The lowest BCUT2D eigenvalue weighted by Crippen LogP contribution is -2.47. The summed E-state index contributed by atoms with van der Waals surface area (Å²) in [6.07, 6.45) is 1.45. The Bertz CT molecular complexity index is 772. The molecule has 0 bridgehead atoms. The van der Waals surface area contributed by atoms with Crippen LogP contribution in [0.25, 0.3) is 0 Å². The number of hydrogen-bond donors (Lipinski definition) is 1. The van der Waals surface area contributed by atoms with Crippen LogP contribution < -0.4 is 10.2 Å². The molecule has 1 spiro atoms. The molecule has 0 aliphatic carbocycles. The third kappa shape index (κ3) is 2.61. The molecule has 0 atom stereocenters. The SMILES string of the molecule is CCc1c(C#N)c(Cl)nc(N2CCC3(CC2)CNC(=O)O3)c1C#N. The first kappa shape index (κ1) is 16.4. The fourth-order valence-corrected chi connectivity index (χ4v) is 3.55. The highest BCUT2D eigenvalue weighted by Gasteiger charge is 2.43. The Labute approximate surface area is 144 Å². The Morgan fingerprint density at radius 3 is 2.50 bits per heavy atom. The molecule has 24 heavy (non-hydrogen) atoms. The maximum absolute atomic E-state index is 11.3. The normalized spacial score (nSPS) is 18.7. The van der Waals surface area contributed by atoms with Gasteiger partial charge < -0.3 is 15.0 Å². The number of carbonyl (C=O) groups is 1. The molecular formula is C16H16ClN5O2. The van der Waals surface area contributed by atoms with Crippen molar-refractivity contribution in [2.45, 2.75) is 31.8 Å². The molecule has 1 N–H and O–H groups in total. The summed E-state index contributed by atoms with van der Waals surface area (Å²) >= 11 is 6.15. The topological polar surface area (TPSA) is 102 Å². The highest BCUT2D eigenvalue weighted by molar-refractivity contribution is 6.30. The van der Waals surface area contributed by atoms with Gasteiger partial charge in [-0.15, -0.1) is 0 Å². The molecule has 0 radical (unpaired) electrons. The van der Waals surface area contributed by atoms with Crippen LogP contribution in [-0.4, -0.2) is 36.3 Å². The van der Waals surface area contributed by atoms with Crippen molar-refractivity contribution in [1.82, 2.24) is 10.3 Å². The number of nitrogens with one attached hydrogen (secondary N) is 1. The number of halogens is 1. The average Bonchev–Trinajstić information content (AvgIpc) is 2.94. The van der Waals surface area contributed by atoms with Crippen molar-refractivity contribution in [1.29, 1.82) is 10.5 Å². The summed E-state index contributed by atoms with van der Waals surface area (Å²) in [7, 11) is 0. The number of amides is 1. The van der Waals surface area contributed by atoms with Gasteiger partial charge in [-0.2, -0.15) is 10.5 Å². The summed E-state index contributed by atoms with van der Waals surface area (Å²) in [5.41, 5.74) is 0.826. The number of rotatable bonds is 2. The first-order valence-corrected chi connectivity index (χ1v) is 8.15. The molecule has 1 amide bonds. The van der Waals surface area contributed by atoms with Crippen LogP contribution in [-0.2, 0) is 11.2 Å². The van der Waals surface area contributed by atoms with E-state index < -0.39 is 5.60 Å². The second kappa shape index (κ2) is 6.18. The minimum atomic E-state index is -0.468. The number of ether oxygens (including phenoxy) is 1. The lowest BCUT2D eigenvalue weighted by Gasteiger charge is -2.38. The van der Waals surface area contributed by atoms with Crippen molar-refractivity contribution < 1.29 is 9.53 Å². The fraction of sp³-hybridized carbons (Fsp3) is 0.500. The zero-order valence-electron chi connectivity index (χ0n) is 13.2. The Morgan fingerprint density at radius 1 is 1.33 bits per heavy atom. The second-order valence-electron chi connectivity index (χ2n) is 5.95. The van der Waals surface area contributed by atoms with Crippen LogP contribution in [0.2, 0.25) is 5.15 Å². The molecule has 1 aromatic heterocycles. The summed E-state index contributed by atoms with van der Waals surface area (Å²) in [5, 5.41) is 21.6. The van der Waals surface area contributed by atoms with Crippen molar-refractivity contribution in [2.75, 3.05) is 24.5 Å². The van der Waals surface area contributed by atoms with Crippen molar-refractivity contribution in [3.8, 4) is 12.1 Å². The number of piperidine rings is 1. The number of alkyl carbamates (subject to hydrolysis) is 1. The number of carbonyl (C=O) groups excluding carboxylic acids is 1. The van der Waals surface area contributed by atoms with E-state index in [0.29, 0.717) is 55.8 Å². The summed E-state index contributed by atoms with van der Waals surface area (Å²) in [6, 6.07) is 4.21. The molecule has 1 aromatic rings. The molecule has 3 heterocycles. The first-order chi connectivity index (χ1) is 11.5. The van der Waals surface area contributed by atoms with Gasteiger partial charge in [-0.3, -0.25) is 0 Å². The standard InChI is InChI=1S/C16H16ClN5O2/c1-2-10-11(7-18)13(17)21-14(12(10)8-19)22-5-3-16(4-6-22)9-20-15(23)24-16/h2-6,9H2,1H3,(H,20,23).